The predicted molar refractivity (Wildman–Crippen MR) is 127 cm³/mol. The van der Waals surface area contributed by atoms with Crippen molar-refractivity contribution in [2.45, 2.75) is 32.7 Å². The van der Waals surface area contributed by atoms with Gasteiger partial charge in [-0.3, -0.25) is 4.99 Å². The highest BCUT2D eigenvalue weighted by atomic mass is 127. The number of halogens is 1. The first-order valence-corrected chi connectivity index (χ1v) is 10.0. The molecule has 0 aliphatic heterocycles. The molecule has 0 bridgehead atoms. The average Bonchev–Trinajstić information content (AvgIpc) is 3.29. The Hall–Kier alpha value is -1.61. The summed E-state index contributed by atoms with van der Waals surface area (Å²) < 4.78 is 2.28. The van der Waals surface area contributed by atoms with Gasteiger partial charge in [0.2, 0.25) is 0 Å². The van der Waals surface area contributed by atoms with Crippen molar-refractivity contribution in [3.05, 3.63) is 52.5 Å². The van der Waals surface area contributed by atoms with Gasteiger partial charge in [0.1, 0.15) is 5.82 Å². The van der Waals surface area contributed by atoms with Gasteiger partial charge in [-0.2, -0.15) is 11.3 Å². The molecule has 2 heterocycles. The molecular weight excluding hydrogens is 469 g/mol. The molecule has 0 fully saturated rings. The number of thiophene rings is 1. The minimum absolute atomic E-state index is 0. The molecule has 0 saturated heterocycles. The third-order valence-electron chi connectivity index (χ3n) is 4.61. The molecule has 1 unspecified atom stereocenters. The van der Waals surface area contributed by atoms with E-state index in [1.807, 2.05) is 13.1 Å². The summed E-state index contributed by atoms with van der Waals surface area (Å²) in [6.07, 6.45) is 1.02. The van der Waals surface area contributed by atoms with Crippen LogP contribution in [-0.2, 0) is 6.54 Å². The van der Waals surface area contributed by atoms with Crippen LogP contribution in [0.25, 0.3) is 11.0 Å². The van der Waals surface area contributed by atoms with E-state index in [4.69, 9.17) is 0 Å². The molecule has 0 amide bonds. The Morgan fingerprint density at radius 2 is 2.07 bits per heavy atom. The van der Waals surface area contributed by atoms with Crippen molar-refractivity contribution in [2.75, 3.05) is 20.1 Å². The topological polar surface area (TPSA) is 54.2 Å². The van der Waals surface area contributed by atoms with Gasteiger partial charge in [0.25, 0.3) is 0 Å². The Bertz CT molecular complexity index is 857. The molecule has 7 heteroatoms. The summed E-state index contributed by atoms with van der Waals surface area (Å²) in [7, 11) is 1.82. The fourth-order valence-corrected chi connectivity index (χ4v) is 3.85. The van der Waals surface area contributed by atoms with E-state index in [2.05, 4.69) is 74.1 Å². The van der Waals surface area contributed by atoms with E-state index in [0.717, 1.165) is 43.4 Å². The first-order valence-electron chi connectivity index (χ1n) is 9.07. The van der Waals surface area contributed by atoms with Crippen LogP contribution in [0, 0.1) is 6.92 Å². The lowest BCUT2D eigenvalue weighted by Crippen LogP contribution is -2.39. The molecule has 0 saturated carbocycles. The van der Waals surface area contributed by atoms with Gasteiger partial charge in [0, 0.05) is 26.7 Å². The van der Waals surface area contributed by atoms with Gasteiger partial charge >= 0.3 is 0 Å². The van der Waals surface area contributed by atoms with Gasteiger partial charge in [-0.1, -0.05) is 19.1 Å². The van der Waals surface area contributed by atoms with Crippen molar-refractivity contribution in [1.29, 1.82) is 0 Å². The van der Waals surface area contributed by atoms with Crippen LogP contribution in [0.2, 0.25) is 0 Å². The highest BCUT2D eigenvalue weighted by molar-refractivity contribution is 14.0. The monoisotopic (exact) mass is 497 g/mol. The van der Waals surface area contributed by atoms with Crippen molar-refractivity contribution in [1.82, 2.24) is 20.2 Å². The molecule has 2 N–H and O–H groups in total. The van der Waals surface area contributed by atoms with Crippen LogP contribution in [0.1, 0.15) is 30.7 Å². The van der Waals surface area contributed by atoms with Gasteiger partial charge in [-0.25, -0.2) is 4.98 Å². The number of nitrogens with zero attached hydrogens (tertiary/aromatic N) is 3. The van der Waals surface area contributed by atoms with Crippen molar-refractivity contribution >= 4 is 52.3 Å². The second-order valence-electron chi connectivity index (χ2n) is 6.49. The van der Waals surface area contributed by atoms with E-state index in [1.54, 1.807) is 11.3 Å². The number of benzene rings is 1. The maximum absolute atomic E-state index is 4.62. The zero-order chi connectivity index (χ0) is 18.4. The van der Waals surface area contributed by atoms with Crippen molar-refractivity contribution in [3.8, 4) is 0 Å². The highest BCUT2D eigenvalue weighted by Gasteiger charge is 2.08. The number of guanidine groups is 1. The highest BCUT2D eigenvalue weighted by Crippen LogP contribution is 2.17. The summed E-state index contributed by atoms with van der Waals surface area (Å²) in [6.45, 7) is 7.00. The molecule has 1 atom stereocenters. The summed E-state index contributed by atoms with van der Waals surface area (Å²) in [5.41, 5.74) is 3.65. The Balaban J connectivity index is 0.00000261. The number of fused-ring (bicyclic) bond motifs is 1. The fraction of sp³-hybridized carbons (Fsp3) is 0.400. The molecule has 0 radical (unpaired) electrons. The third kappa shape index (κ3) is 5.68. The van der Waals surface area contributed by atoms with E-state index in [9.17, 15) is 0 Å². The van der Waals surface area contributed by atoms with E-state index in [0.29, 0.717) is 5.92 Å². The number of para-hydroxylation sites is 2. The lowest BCUT2D eigenvalue weighted by atomic mass is 10.1. The molecule has 0 spiro atoms. The molecular formula is C20H28IN5S. The van der Waals surface area contributed by atoms with Crippen LogP contribution >= 0.6 is 35.3 Å². The second kappa shape index (κ2) is 10.7. The van der Waals surface area contributed by atoms with Crippen LogP contribution in [-0.4, -0.2) is 35.6 Å². The average molecular weight is 497 g/mol. The lowest BCUT2D eigenvalue weighted by molar-refractivity contribution is 0.620. The molecule has 146 valence electrons. The molecule has 2 aromatic heterocycles. The zero-order valence-electron chi connectivity index (χ0n) is 16.1. The smallest absolute Gasteiger partial charge is 0.190 e. The van der Waals surface area contributed by atoms with Crippen LogP contribution < -0.4 is 10.6 Å². The predicted octanol–water partition coefficient (Wildman–Crippen LogP) is 4.38. The number of nitrogens with one attached hydrogen (secondary N) is 2. The first kappa shape index (κ1) is 21.7. The van der Waals surface area contributed by atoms with Gasteiger partial charge < -0.3 is 15.2 Å². The number of aryl methyl sites for hydroxylation is 2. The number of rotatable bonds is 7. The SMILES string of the molecule is CN=C(NCCCn1c(C)nc2ccccc21)NCC(C)c1ccsc1.I. The van der Waals surface area contributed by atoms with Gasteiger partial charge in [-0.15, -0.1) is 24.0 Å². The third-order valence-corrected chi connectivity index (χ3v) is 5.31. The molecule has 3 aromatic rings. The molecule has 0 aliphatic rings. The molecule has 3 rings (SSSR count). The minimum Gasteiger partial charge on any atom is -0.356 e. The number of hydrogen-bond acceptors (Lipinski definition) is 3. The normalized spacial score (nSPS) is 12.6. The zero-order valence-corrected chi connectivity index (χ0v) is 19.3. The summed E-state index contributed by atoms with van der Waals surface area (Å²) in [5.74, 6) is 2.40. The summed E-state index contributed by atoms with van der Waals surface area (Å²) in [4.78, 5) is 8.94. The second-order valence-corrected chi connectivity index (χ2v) is 7.27. The summed E-state index contributed by atoms with van der Waals surface area (Å²) >= 11 is 1.74. The quantitative estimate of drug-likeness (QED) is 0.221. The number of aliphatic imine (C=N–C) groups is 1. The van der Waals surface area contributed by atoms with Gasteiger partial charge in [0.05, 0.1) is 11.0 Å². The number of hydrogen-bond donors (Lipinski definition) is 2. The largest absolute Gasteiger partial charge is 0.356 e. The van der Waals surface area contributed by atoms with Crippen molar-refractivity contribution in [3.63, 3.8) is 0 Å². The van der Waals surface area contributed by atoms with E-state index < -0.39 is 0 Å². The Labute approximate surface area is 182 Å². The Kier molecular flexibility index (Phi) is 8.56. The number of aromatic nitrogens is 2. The van der Waals surface area contributed by atoms with Crippen LogP contribution in [0.4, 0.5) is 0 Å². The molecule has 0 aliphatic carbocycles. The van der Waals surface area contributed by atoms with Crippen LogP contribution in [0.15, 0.2) is 46.1 Å². The lowest BCUT2D eigenvalue weighted by Gasteiger charge is -2.15. The first-order chi connectivity index (χ1) is 12.7. The summed E-state index contributed by atoms with van der Waals surface area (Å²) in [6, 6.07) is 10.5. The van der Waals surface area contributed by atoms with E-state index in [-0.39, 0.29) is 24.0 Å². The van der Waals surface area contributed by atoms with Crippen molar-refractivity contribution in [2.24, 2.45) is 4.99 Å². The maximum atomic E-state index is 4.62. The Morgan fingerprint density at radius 1 is 1.26 bits per heavy atom. The molecule has 1 aromatic carbocycles. The molecule has 27 heavy (non-hydrogen) atoms. The van der Waals surface area contributed by atoms with E-state index in [1.165, 1.54) is 11.1 Å². The van der Waals surface area contributed by atoms with Crippen molar-refractivity contribution < 1.29 is 0 Å². The number of imidazole rings is 1. The maximum Gasteiger partial charge on any atom is 0.190 e. The standard InChI is InChI=1S/C20H27N5S.HI/c1-15(17-9-12-26-14-17)13-23-20(21-3)22-10-6-11-25-16(2)24-18-7-4-5-8-19(18)25;/h4-5,7-9,12,14-15H,6,10-11,13H2,1-3H3,(H2,21,22,23);1H. The van der Waals surface area contributed by atoms with Gasteiger partial charge in [-0.05, 0) is 53.8 Å². The molecule has 5 nitrogen and oxygen atoms in total. The van der Waals surface area contributed by atoms with E-state index >= 15 is 0 Å². The summed E-state index contributed by atoms with van der Waals surface area (Å²) in [5, 5.41) is 11.2. The van der Waals surface area contributed by atoms with Gasteiger partial charge in [0.15, 0.2) is 5.96 Å². The Morgan fingerprint density at radius 3 is 2.81 bits per heavy atom. The van der Waals surface area contributed by atoms with Crippen LogP contribution in [0.3, 0.4) is 0 Å². The minimum atomic E-state index is 0. The van der Waals surface area contributed by atoms with Crippen LogP contribution in [0.5, 0.6) is 0 Å². The fourth-order valence-electron chi connectivity index (χ4n) is 3.07.